The van der Waals surface area contributed by atoms with Gasteiger partial charge in [0.25, 0.3) is 0 Å². The first-order chi connectivity index (χ1) is 11.2. The second-order valence-corrected chi connectivity index (χ2v) is 6.26. The second-order valence-electron chi connectivity index (χ2n) is 5.83. The van der Waals surface area contributed by atoms with Crippen LogP contribution in [0.25, 0.3) is 0 Å². The number of benzene rings is 2. The lowest BCUT2D eigenvalue weighted by atomic mass is 10.1. The molecular weight excluding hydrogens is 310 g/mol. The van der Waals surface area contributed by atoms with Crippen molar-refractivity contribution in [3.8, 4) is 0 Å². The second kappa shape index (κ2) is 7.62. The first kappa shape index (κ1) is 16.0. The summed E-state index contributed by atoms with van der Waals surface area (Å²) in [6, 6.07) is 17.7. The Bertz CT molecular complexity index is 642. The molecule has 1 heterocycles. The standard InChI is InChI=1S/C19H20ClNO2/c20-17-8-6-16(7-9-17)13-19(22)21-10-11-23-18(14-21)12-15-4-2-1-3-5-15/h1-9,18H,10-14H2. The number of morpholine rings is 1. The Kier molecular flexibility index (Phi) is 5.31. The molecule has 0 spiro atoms. The van der Waals surface area contributed by atoms with Gasteiger partial charge in [0.15, 0.2) is 0 Å². The summed E-state index contributed by atoms with van der Waals surface area (Å²) in [5, 5.41) is 0.690. The minimum absolute atomic E-state index is 0.0697. The molecule has 2 aromatic carbocycles. The highest BCUT2D eigenvalue weighted by atomic mass is 35.5. The third-order valence-electron chi connectivity index (χ3n) is 4.07. The SMILES string of the molecule is O=C(Cc1ccc(Cl)cc1)N1CCOC(Cc2ccccc2)C1. The molecule has 0 aromatic heterocycles. The summed E-state index contributed by atoms with van der Waals surface area (Å²) in [5.74, 6) is 0.147. The number of ether oxygens (including phenoxy) is 1. The van der Waals surface area contributed by atoms with E-state index in [0.29, 0.717) is 31.1 Å². The molecule has 0 N–H and O–H groups in total. The quantitative estimate of drug-likeness (QED) is 0.861. The summed E-state index contributed by atoms with van der Waals surface area (Å²) in [6.07, 6.45) is 1.32. The zero-order valence-electron chi connectivity index (χ0n) is 13.0. The van der Waals surface area contributed by atoms with E-state index in [9.17, 15) is 4.79 Å². The number of nitrogens with zero attached hydrogens (tertiary/aromatic N) is 1. The van der Waals surface area contributed by atoms with Crippen LogP contribution in [-0.4, -0.2) is 36.6 Å². The van der Waals surface area contributed by atoms with Gasteiger partial charge in [0.05, 0.1) is 19.1 Å². The Balaban J connectivity index is 1.57. The van der Waals surface area contributed by atoms with Crippen LogP contribution in [0.2, 0.25) is 5.02 Å². The van der Waals surface area contributed by atoms with Gasteiger partial charge in [-0.15, -0.1) is 0 Å². The molecule has 0 saturated carbocycles. The van der Waals surface area contributed by atoms with Gasteiger partial charge in [-0.2, -0.15) is 0 Å². The molecule has 0 aliphatic carbocycles. The zero-order chi connectivity index (χ0) is 16.1. The highest BCUT2D eigenvalue weighted by Gasteiger charge is 2.24. The minimum Gasteiger partial charge on any atom is -0.374 e. The summed E-state index contributed by atoms with van der Waals surface area (Å²) >= 11 is 5.88. The molecule has 1 aliphatic heterocycles. The zero-order valence-corrected chi connectivity index (χ0v) is 13.7. The van der Waals surface area contributed by atoms with E-state index in [1.165, 1.54) is 5.56 Å². The molecule has 1 fully saturated rings. The van der Waals surface area contributed by atoms with Crippen molar-refractivity contribution < 1.29 is 9.53 Å². The molecule has 1 saturated heterocycles. The van der Waals surface area contributed by atoms with Gasteiger partial charge in [-0.3, -0.25) is 4.79 Å². The number of carbonyl (C=O) groups is 1. The highest BCUT2D eigenvalue weighted by molar-refractivity contribution is 6.30. The fourth-order valence-electron chi connectivity index (χ4n) is 2.84. The molecule has 4 heteroatoms. The number of hydrogen-bond acceptors (Lipinski definition) is 2. The van der Waals surface area contributed by atoms with Gasteiger partial charge in [-0.05, 0) is 23.3 Å². The maximum Gasteiger partial charge on any atom is 0.227 e. The molecule has 23 heavy (non-hydrogen) atoms. The lowest BCUT2D eigenvalue weighted by Gasteiger charge is -2.33. The first-order valence-corrected chi connectivity index (χ1v) is 8.26. The molecule has 1 atom stereocenters. The molecular formula is C19H20ClNO2. The van der Waals surface area contributed by atoms with Crippen molar-refractivity contribution in [3.63, 3.8) is 0 Å². The summed E-state index contributed by atoms with van der Waals surface area (Å²) in [7, 11) is 0. The predicted molar refractivity (Wildman–Crippen MR) is 91.6 cm³/mol. The molecule has 3 rings (SSSR count). The van der Waals surface area contributed by atoms with Crippen molar-refractivity contribution in [3.05, 3.63) is 70.7 Å². The predicted octanol–water partition coefficient (Wildman–Crippen LogP) is 3.35. The van der Waals surface area contributed by atoms with E-state index >= 15 is 0 Å². The van der Waals surface area contributed by atoms with Crippen LogP contribution in [0, 0.1) is 0 Å². The van der Waals surface area contributed by atoms with Crippen LogP contribution in [-0.2, 0) is 22.4 Å². The maximum absolute atomic E-state index is 12.5. The summed E-state index contributed by atoms with van der Waals surface area (Å²) in [4.78, 5) is 14.4. The summed E-state index contributed by atoms with van der Waals surface area (Å²) < 4.78 is 5.82. The van der Waals surface area contributed by atoms with Crippen LogP contribution < -0.4 is 0 Å². The normalized spacial score (nSPS) is 18.0. The van der Waals surface area contributed by atoms with Gasteiger partial charge < -0.3 is 9.64 Å². The summed E-state index contributed by atoms with van der Waals surface area (Å²) in [5.41, 5.74) is 2.23. The molecule has 0 radical (unpaired) electrons. The number of hydrogen-bond donors (Lipinski definition) is 0. The van der Waals surface area contributed by atoms with E-state index in [2.05, 4.69) is 12.1 Å². The van der Waals surface area contributed by atoms with Crippen LogP contribution in [0.3, 0.4) is 0 Å². The van der Waals surface area contributed by atoms with Gasteiger partial charge in [0.2, 0.25) is 5.91 Å². The summed E-state index contributed by atoms with van der Waals surface area (Å²) in [6.45, 7) is 1.92. The lowest BCUT2D eigenvalue weighted by Crippen LogP contribution is -2.46. The Hall–Kier alpha value is -1.84. The van der Waals surface area contributed by atoms with Crippen molar-refractivity contribution in [2.75, 3.05) is 19.7 Å². The Labute approximate surface area is 141 Å². The molecule has 120 valence electrons. The molecule has 1 aliphatic rings. The largest absolute Gasteiger partial charge is 0.374 e. The average molecular weight is 330 g/mol. The van der Waals surface area contributed by atoms with Gasteiger partial charge >= 0.3 is 0 Å². The van der Waals surface area contributed by atoms with Crippen LogP contribution >= 0.6 is 11.6 Å². The molecule has 3 nitrogen and oxygen atoms in total. The third kappa shape index (κ3) is 4.57. The van der Waals surface area contributed by atoms with Crippen molar-refractivity contribution >= 4 is 17.5 Å². The Morgan fingerprint density at radius 3 is 2.57 bits per heavy atom. The fraction of sp³-hybridized carbons (Fsp3) is 0.316. The van der Waals surface area contributed by atoms with E-state index in [1.807, 2.05) is 47.4 Å². The van der Waals surface area contributed by atoms with Gasteiger partial charge in [0.1, 0.15) is 0 Å². The average Bonchev–Trinajstić information content (AvgIpc) is 2.58. The number of amides is 1. The molecule has 1 unspecified atom stereocenters. The van der Waals surface area contributed by atoms with Crippen LogP contribution in [0.5, 0.6) is 0 Å². The molecule has 2 aromatic rings. The molecule has 0 bridgehead atoms. The van der Waals surface area contributed by atoms with Crippen molar-refractivity contribution in [2.45, 2.75) is 18.9 Å². The van der Waals surface area contributed by atoms with Crippen LogP contribution in [0.4, 0.5) is 0 Å². The Morgan fingerprint density at radius 2 is 1.83 bits per heavy atom. The number of rotatable bonds is 4. The monoisotopic (exact) mass is 329 g/mol. The third-order valence-corrected chi connectivity index (χ3v) is 4.32. The smallest absolute Gasteiger partial charge is 0.227 e. The van der Waals surface area contributed by atoms with E-state index in [-0.39, 0.29) is 12.0 Å². The van der Waals surface area contributed by atoms with Crippen molar-refractivity contribution in [1.82, 2.24) is 4.90 Å². The Morgan fingerprint density at radius 1 is 1.09 bits per heavy atom. The van der Waals surface area contributed by atoms with Crippen LogP contribution in [0.1, 0.15) is 11.1 Å². The minimum atomic E-state index is 0.0697. The first-order valence-electron chi connectivity index (χ1n) is 7.88. The van der Waals surface area contributed by atoms with Crippen molar-refractivity contribution in [2.24, 2.45) is 0 Å². The van der Waals surface area contributed by atoms with E-state index in [1.54, 1.807) is 0 Å². The van der Waals surface area contributed by atoms with Crippen LogP contribution in [0.15, 0.2) is 54.6 Å². The van der Waals surface area contributed by atoms with Crippen molar-refractivity contribution in [1.29, 1.82) is 0 Å². The fourth-order valence-corrected chi connectivity index (χ4v) is 2.96. The molecule has 1 amide bonds. The van der Waals surface area contributed by atoms with E-state index in [0.717, 1.165) is 12.0 Å². The number of carbonyl (C=O) groups excluding carboxylic acids is 1. The van der Waals surface area contributed by atoms with E-state index in [4.69, 9.17) is 16.3 Å². The van der Waals surface area contributed by atoms with Gasteiger partial charge in [0, 0.05) is 24.5 Å². The maximum atomic E-state index is 12.5. The van der Waals surface area contributed by atoms with E-state index < -0.39 is 0 Å². The van der Waals surface area contributed by atoms with Gasteiger partial charge in [-0.1, -0.05) is 54.1 Å². The number of halogens is 1. The topological polar surface area (TPSA) is 29.5 Å². The highest BCUT2D eigenvalue weighted by Crippen LogP contribution is 2.14. The lowest BCUT2D eigenvalue weighted by molar-refractivity contribution is -0.138. The van der Waals surface area contributed by atoms with Gasteiger partial charge in [-0.25, -0.2) is 0 Å².